The molecule has 0 bridgehead atoms. The number of carbonyl (C=O) groups excluding carboxylic acids is 2. The lowest BCUT2D eigenvalue weighted by molar-refractivity contribution is -0.725. The number of benzene rings is 2. The smallest absolute Gasteiger partial charge is 0.248 e. The van der Waals surface area contributed by atoms with E-state index >= 15 is 0 Å². The third-order valence-electron chi connectivity index (χ3n) is 4.56. The van der Waals surface area contributed by atoms with Gasteiger partial charge < -0.3 is 28.1 Å². The van der Waals surface area contributed by atoms with Crippen molar-refractivity contribution in [3.63, 3.8) is 0 Å². The molecule has 2 atom stereocenters. The maximum atomic E-state index is 12.5. The average molecular weight is 451 g/mol. The summed E-state index contributed by atoms with van der Waals surface area (Å²) in [6, 6.07) is 14.3. The Morgan fingerprint density at radius 2 is 1.83 bits per heavy atom. The number of aliphatic hydroxyl groups excluding tert-OH is 1. The Balaban J connectivity index is 0.00000450. The van der Waals surface area contributed by atoms with Gasteiger partial charge >= 0.3 is 0 Å². The first-order valence-corrected chi connectivity index (χ1v) is 10.00. The number of aliphatic hydroxyl groups is 1. The van der Waals surface area contributed by atoms with Gasteiger partial charge in [0.25, 0.3) is 0 Å². The van der Waals surface area contributed by atoms with Crippen molar-refractivity contribution in [1.82, 2.24) is 0 Å². The number of rotatable bonds is 9. The molecule has 2 rings (SSSR count). The van der Waals surface area contributed by atoms with Gasteiger partial charge in [-0.25, -0.2) is 0 Å². The molecular weight excluding hydrogens is 423 g/mol. The Morgan fingerprint density at radius 1 is 1.17 bits per heavy atom. The minimum atomic E-state index is -0.654. The monoisotopic (exact) mass is 450 g/mol. The normalized spacial score (nSPS) is 12.3. The number of Topliss-reactive ketones (excluding diaryl/α,β-unsaturated/α-hetero) is 1. The first-order valence-electron chi connectivity index (χ1n) is 9.62. The molecule has 0 saturated heterocycles. The average Bonchev–Trinajstić information content (AvgIpc) is 2.67. The molecule has 4 N–H and O–H groups in total. The summed E-state index contributed by atoms with van der Waals surface area (Å²) in [5.41, 5.74) is 3.01. The zero-order valence-electron chi connectivity index (χ0n) is 17.4. The second-order valence-corrected chi connectivity index (χ2v) is 7.76. The van der Waals surface area contributed by atoms with Crippen molar-refractivity contribution in [2.75, 3.05) is 11.9 Å². The van der Waals surface area contributed by atoms with E-state index in [1.54, 1.807) is 41.7 Å². The third-order valence-corrected chi connectivity index (χ3v) is 4.81. The van der Waals surface area contributed by atoms with E-state index in [0.29, 0.717) is 22.8 Å². The molecule has 162 valence electrons. The zero-order valence-corrected chi connectivity index (χ0v) is 18.9. The number of anilines is 1. The van der Waals surface area contributed by atoms with Crippen LogP contribution in [0.4, 0.5) is 5.69 Å². The Bertz CT molecular complexity index is 878. The number of ketones is 1. The van der Waals surface area contributed by atoms with E-state index in [4.69, 9.17) is 11.6 Å². The van der Waals surface area contributed by atoms with E-state index < -0.39 is 6.23 Å². The highest BCUT2D eigenvalue weighted by Gasteiger charge is 2.19. The molecule has 0 aliphatic carbocycles. The Labute approximate surface area is 188 Å². The standard InChI is InChI=1S/C23H27ClN2O3.ClH/c1-15(2)13-22(28)26-20-6-4-5-18(14-20)21(27)11-12-25-23(29)16(3)17-7-9-19(24)10-8-17;/h4-10,13-14,16,23,25,29H,11-12H2,1-3H3,(H,26,28);1H. The van der Waals surface area contributed by atoms with E-state index in [0.717, 1.165) is 11.1 Å². The summed E-state index contributed by atoms with van der Waals surface area (Å²) >= 11 is 5.90. The number of hydrogen-bond acceptors (Lipinski definition) is 3. The van der Waals surface area contributed by atoms with Gasteiger partial charge in [-0.3, -0.25) is 9.59 Å². The molecule has 2 unspecified atom stereocenters. The topological polar surface area (TPSA) is 83.0 Å². The lowest BCUT2D eigenvalue weighted by Gasteiger charge is -2.17. The first-order chi connectivity index (χ1) is 13.8. The molecule has 30 heavy (non-hydrogen) atoms. The van der Waals surface area contributed by atoms with E-state index in [2.05, 4.69) is 5.32 Å². The molecule has 0 radical (unpaired) electrons. The van der Waals surface area contributed by atoms with Crippen molar-refractivity contribution in [2.24, 2.45) is 0 Å². The highest BCUT2D eigenvalue weighted by Crippen LogP contribution is 2.19. The second-order valence-electron chi connectivity index (χ2n) is 7.32. The van der Waals surface area contributed by atoms with Crippen LogP contribution in [-0.2, 0) is 4.79 Å². The van der Waals surface area contributed by atoms with E-state index in [1.807, 2.05) is 32.9 Å². The van der Waals surface area contributed by atoms with Crippen molar-refractivity contribution in [2.45, 2.75) is 39.3 Å². The van der Waals surface area contributed by atoms with Crippen LogP contribution in [0.3, 0.4) is 0 Å². The summed E-state index contributed by atoms with van der Waals surface area (Å²) in [6.45, 7) is 6.09. The molecule has 0 aromatic heterocycles. The van der Waals surface area contributed by atoms with Crippen LogP contribution in [0.25, 0.3) is 0 Å². The molecule has 2 aromatic rings. The van der Waals surface area contributed by atoms with Crippen LogP contribution in [0.5, 0.6) is 0 Å². The molecule has 0 aliphatic heterocycles. The van der Waals surface area contributed by atoms with Crippen molar-refractivity contribution in [3.05, 3.63) is 76.3 Å². The fourth-order valence-electron chi connectivity index (χ4n) is 2.91. The second kappa shape index (κ2) is 12.5. The van der Waals surface area contributed by atoms with Crippen LogP contribution in [0.1, 0.15) is 49.0 Å². The molecular formula is C23H28Cl2N2O3. The van der Waals surface area contributed by atoms with Gasteiger partial charge in [-0.2, -0.15) is 0 Å². The van der Waals surface area contributed by atoms with Crippen LogP contribution in [0, 0.1) is 0 Å². The summed E-state index contributed by atoms with van der Waals surface area (Å²) in [7, 11) is 0. The van der Waals surface area contributed by atoms with Crippen LogP contribution in [0.2, 0.25) is 5.02 Å². The summed E-state index contributed by atoms with van der Waals surface area (Å²) in [6.07, 6.45) is 1.14. The van der Waals surface area contributed by atoms with Gasteiger partial charge in [-0.1, -0.05) is 48.4 Å². The van der Waals surface area contributed by atoms with Crippen molar-refractivity contribution in [1.29, 1.82) is 0 Å². The van der Waals surface area contributed by atoms with Crippen molar-refractivity contribution >= 4 is 29.0 Å². The lowest BCUT2D eigenvalue weighted by atomic mass is 9.99. The molecule has 0 heterocycles. The predicted octanol–water partition coefficient (Wildman–Crippen LogP) is 0.507. The van der Waals surface area contributed by atoms with Gasteiger partial charge in [0, 0.05) is 22.3 Å². The molecule has 0 fully saturated rings. The summed E-state index contributed by atoms with van der Waals surface area (Å²) in [4.78, 5) is 24.3. The first kappa shape index (κ1) is 25.9. The van der Waals surface area contributed by atoms with Crippen molar-refractivity contribution < 1.29 is 32.4 Å². The van der Waals surface area contributed by atoms with Crippen LogP contribution >= 0.6 is 11.6 Å². The maximum absolute atomic E-state index is 12.5. The zero-order chi connectivity index (χ0) is 21.4. The van der Waals surface area contributed by atoms with Crippen LogP contribution in [-0.4, -0.2) is 29.6 Å². The lowest BCUT2D eigenvalue weighted by Crippen LogP contribution is -3.00. The Kier molecular flexibility index (Phi) is 10.8. The number of quaternary nitrogens is 1. The number of hydrogen-bond donors (Lipinski definition) is 3. The number of allylic oxidation sites excluding steroid dienone is 1. The maximum Gasteiger partial charge on any atom is 0.248 e. The van der Waals surface area contributed by atoms with Gasteiger partial charge in [0.1, 0.15) is 0 Å². The minimum absolute atomic E-state index is 0. The summed E-state index contributed by atoms with van der Waals surface area (Å²) < 4.78 is 0. The predicted molar refractivity (Wildman–Crippen MR) is 116 cm³/mol. The summed E-state index contributed by atoms with van der Waals surface area (Å²) in [5, 5.41) is 15.6. The molecule has 7 heteroatoms. The number of carbonyl (C=O) groups is 2. The number of nitrogens with two attached hydrogens (primary N) is 1. The largest absolute Gasteiger partial charge is 1.00 e. The van der Waals surface area contributed by atoms with E-state index in [1.165, 1.54) is 6.08 Å². The Hall–Kier alpha value is -2.18. The highest BCUT2D eigenvalue weighted by molar-refractivity contribution is 6.30. The number of nitrogens with one attached hydrogen (secondary N) is 1. The number of halogens is 2. The van der Waals surface area contributed by atoms with Gasteiger partial charge in [0.2, 0.25) is 5.91 Å². The van der Waals surface area contributed by atoms with Gasteiger partial charge in [-0.05, 0) is 43.7 Å². The van der Waals surface area contributed by atoms with Crippen LogP contribution in [0.15, 0.2) is 60.2 Å². The van der Waals surface area contributed by atoms with Gasteiger partial charge in [0.05, 0.1) is 18.9 Å². The minimum Gasteiger partial charge on any atom is -1.00 e. The highest BCUT2D eigenvalue weighted by atomic mass is 35.5. The molecule has 0 aliphatic rings. The Morgan fingerprint density at radius 3 is 2.47 bits per heavy atom. The molecule has 0 saturated carbocycles. The number of amides is 1. The quantitative estimate of drug-likeness (QED) is 0.295. The van der Waals surface area contributed by atoms with Gasteiger partial charge in [0.15, 0.2) is 12.0 Å². The molecule has 2 aromatic carbocycles. The molecule has 5 nitrogen and oxygen atoms in total. The summed E-state index contributed by atoms with van der Waals surface area (Å²) in [5.74, 6) is -0.343. The molecule has 0 spiro atoms. The SMILES string of the molecule is CC(C)=CC(=O)Nc1cccc(C(=O)CC[NH2+]C(O)C(C)c2ccc(Cl)cc2)c1.[Cl-]. The van der Waals surface area contributed by atoms with Crippen LogP contribution < -0.4 is 23.0 Å². The van der Waals surface area contributed by atoms with Gasteiger partial charge in [-0.15, -0.1) is 0 Å². The van der Waals surface area contributed by atoms with Crippen molar-refractivity contribution in [3.8, 4) is 0 Å². The fraction of sp³-hybridized carbons (Fsp3) is 0.304. The van der Waals surface area contributed by atoms with E-state index in [9.17, 15) is 14.7 Å². The fourth-order valence-corrected chi connectivity index (χ4v) is 3.03. The molecule has 1 amide bonds. The third kappa shape index (κ3) is 8.28. The van der Waals surface area contributed by atoms with E-state index in [-0.39, 0.29) is 36.4 Å².